The molecule has 4 nitrogen and oxygen atoms in total. The first-order valence-corrected chi connectivity index (χ1v) is 5.71. The van der Waals surface area contributed by atoms with Crippen molar-refractivity contribution in [2.75, 3.05) is 0 Å². The Kier molecular flexibility index (Phi) is 3.83. The molecule has 0 amide bonds. The highest BCUT2D eigenvalue weighted by molar-refractivity contribution is 6.07. The zero-order chi connectivity index (χ0) is 13.7. The number of benzene rings is 2. The fraction of sp³-hybridized carbons (Fsp3) is 0. The van der Waals surface area contributed by atoms with Crippen molar-refractivity contribution in [3.05, 3.63) is 81.9 Å². The van der Waals surface area contributed by atoms with Gasteiger partial charge >= 0.3 is 5.78 Å². The molecule has 1 N–H and O–H groups in total. The van der Waals surface area contributed by atoms with E-state index in [9.17, 15) is 14.9 Å². The van der Waals surface area contributed by atoms with E-state index in [-0.39, 0.29) is 11.5 Å². The van der Waals surface area contributed by atoms with E-state index in [1.165, 1.54) is 12.1 Å². The molecule has 0 radical (unpaired) electrons. The van der Waals surface area contributed by atoms with E-state index in [4.69, 9.17) is 0 Å². The van der Waals surface area contributed by atoms with E-state index in [1.807, 2.05) is 18.2 Å². The van der Waals surface area contributed by atoms with Crippen molar-refractivity contribution in [3.63, 3.8) is 0 Å². The molecule has 94 valence electrons. The lowest BCUT2D eigenvalue weighted by molar-refractivity contribution is -0.384. The lowest BCUT2D eigenvalue weighted by atomic mass is 10.1. The van der Waals surface area contributed by atoms with Gasteiger partial charge < -0.3 is 0 Å². The highest BCUT2D eigenvalue weighted by Crippen LogP contribution is 2.13. The van der Waals surface area contributed by atoms with Crippen LogP contribution < -0.4 is 0 Å². The highest BCUT2D eigenvalue weighted by Gasteiger charge is 2.07. The maximum atomic E-state index is 10.5. The van der Waals surface area contributed by atoms with Crippen molar-refractivity contribution in [1.29, 1.82) is 0 Å². The van der Waals surface area contributed by atoms with Crippen LogP contribution in [0.5, 0.6) is 0 Å². The Morgan fingerprint density at radius 1 is 1.05 bits per heavy atom. The molecule has 0 aromatic heterocycles. The zero-order valence-corrected chi connectivity index (χ0v) is 10.1. The quantitative estimate of drug-likeness (QED) is 0.276. The third-order valence-electron chi connectivity index (χ3n) is 2.61. The van der Waals surface area contributed by atoms with Gasteiger partial charge in [0.2, 0.25) is 0 Å². The summed E-state index contributed by atoms with van der Waals surface area (Å²) in [5, 5.41) is 10.5. The maximum Gasteiger partial charge on any atom is 0.347 e. The van der Waals surface area contributed by atoms with E-state index in [0.29, 0.717) is 0 Å². The van der Waals surface area contributed by atoms with Gasteiger partial charge in [-0.05, 0) is 35.9 Å². The minimum absolute atomic E-state index is 0.0495. The number of non-ortho nitro benzene ring substituents is 1. The molecular weight excluding hydrogens is 242 g/mol. The van der Waals surface area contributed by atoms with Gasteiger partial charge in [-0.1, -0.05) is 18.2 Å². The highest BCUT2D eigenvalue weighted by atomic mass is 16.6. The number of nitro groups is 1. The third-order valence-corrected chi connectivity index (χ3v) is 2.61. The standard InChI is InChI=1S/C15H11NO3/c17-15(13-4-2-1-3-5-13)11-8-12-6-9-14(10-7-12)16(18)19/h1-11H/p+1/b11-8+. The van der Waals surface area contributed by atoms with Gasteiger partial charge in [0.15, 0.2) is 0 Å². The summed E-state index contributed by atoms with van der Waals surface area (Å²) in [6, 6.07) is 15.3. The minimum Gasteiger partial charge on any atom is -0.273 e. The first-order valence-electron chi connectivity index (χ1n) is 5.71. The van der Waals surface area contributed by atoms with Crippen LogP contribution in [0, 0.1) is 10.1 Å². The largest absolute Gasteiger partial charge is 0.347 e. The van der Waals surface area contributed by atoms with Gasteiger partial charge in [-0.15, -0.1) is 0 Å². The number of ketones is 1. The van der Waals surface area contributed by atoms with E-state index in [0.717, 1.165) is 11.1 Å². The average molecular weight is 254 g/mol. The van der Waals surface area contributed by atoms with E-state index in [1.54, 1.807) is 36.4 Å². The summed E-state index contributed by atoms with van der Waals surface area (Å²) in [5.74, 6) is 0.152. The summed E-state index contributed by atoms with van der Waals surface area (Å²) in [6.07, 6.45) is 3.27. The number of nitro benzene ring substituents is 1. The molecule has 4 heteroatoms. The Morgan fingerprint density at radius 2 is 1.68 bits per heavy atom. The molecule has 19 heavy (non-hydrogen) atoms. The van der Waals surface area contributed by atoms with Gasteiger partial charge in [-0.2, -0.15) is 0 Å². The van der Waals surface area contributed by atoms with Crippen molar-refractivity contribution in [2.24, 2.45) is 0 Å². The second kappa shape index (κ2) is 5.73. The van der Waals surface area contributed by atoms with Crippen molar-refractivity contribution in [3.8, 4) is 0 Å². The van der Waals surface area contributed by atoms with Crippen molar-refractivity contribution in [2.45, 2.75) is 0 Å². The molecule has 0 saturated heterocycles. The SMILES string of the molecule is O=[N+]([O-])c1ccc(/C=C/C(=[OH+])c2ccccc2)cc1. The summed E-state index contributed by atoms with van der Waals surface area (Å²) in [4.78, 5) is 19.9. The minimum atomic E-state index is -0.443. The fourth-order valence-electron chi connectivity index (χ4n) is 1.59. The third kappa shape index (κ3) is 3.35. The second-order valence-corrected chi connectivity index (χ2v) is 3.93. The molecule has 0 aliphatic heterocycles. The van der Waals surface area contributed by atoms with Crippen LogP contribution in [0.25, 0.3) is 6.08 Å². The first kappa shape index (κ1) is 12.7. The van der Waals surface area contributed by atoms with Crippen molar-refractivity contribution < 1.29 is 9.72 Å². The summed E-state index contributed by atoms with van der Waals surface area (Å²) < 4.78 is 0. The number of hydrogen-bond acceptors (Lipinski definition) is 2. The molecule has 0 aliphatic rings. The Labute approximate surface area is 110 Å². The van der Waals surface area contributed by atoms with Crippen molar-refractivity contribution >= 4 is 17.5 Å². The molecule has 0 unspecified atom stereocenters. The molecule has 0 bridgehead atoms. The molecule has 0 aliphatic carbocycles. The molecule has 0 atom stereocenters. The smallest absolute Gasteiger partial charge is 0.273 e. The van der Waals surface area contributed by atoms with Crippen LogP contribution in [0.1, 0.15) is 11.1 Å². The maximum absolute atomic E-state index is 10.5. The van der Waals surface area contributed by atoms with Crippen LogP contribution >= 0.6 is 0 Å². The van der Waals surface area contributed by atoms with Gasteiger partial charge in [-0.3, -0.25) is 14.9 Å². The van der Waals surface area contributed by atoms with Gasteiger partial charge in [0.1, 0.15) is 0 Å². The Hall–Kier alpha value is -2.75. The Morgan fingerprint density at radius 3 is 2.26 bits per heavy atom. The van der Waals surface area contributed by atoms with Crippen LogP contribution in [-0.2, 0) is 0 Å². The number of hydrogen-bond donors (Lipinski definition) is 0. The number of allylic oxidation sites excluding steroid dienone is 1. The topological polar surface area (TPSA) is 64.5 Å². The van der Waals surface area contributed by atoms with Gasteiger partial charge in [0, 0.05) is 18.2 Å². The summed E-state index contributed by atoms with van der Waals surface area (Å²) in [6.45, 7) is 0. The molecule has 0 fully saturated rings. The summed E-state index contributed by atoms with van der Waals surface area (Å²) >= 11 is 0. The van der Waals surface area contributed by atoms with Crippen LogP contribution in [0.2, 0.25) is 0 Å². The summed E-state index contributed by atoms with van der Waals surface area (Å²) in [5.41, 5.74) is 1.56. The van der Waals surface area contributed by atoms with Crippen LogP contribution in [0.15, 0.2) is 60.7 Å². The molecule has 2 aromatic carbocycles. The predicted molar refractivity (Wildman–Crippen MR) is 74.6 cm³/mol. The molecule has 0 saturated carbocycles. The molecule has 0 heterocycles. The number of rotatable bonds is 4. The normalized spacial score (nSPS) is 10.5. The van der Waals surface area contributed by atoms with E-state index in [2.05, 4.69) is 0 Å². The summed E-state index contributed by atoms with van der Waals surface area (Å²) in [7, 11) is 0. The monoisotopic (exact) mass is 254 g/mol. The number of nitrogens with zero attached hydrogens (tertiary/aromatic N) is 1. The molecule has 0 spiro atoms. The average Bonchev–Trinajstić information content (AvgIpc) is 2.46. The van der Waals surface area contributed by atoms with Crippen LogP contribution in [0.4, 0.5) is 5.69 Å². The van der Waals surface area contributed by atoms with Gasteiger partial charge in [0.25, 0.3) is 5.69 Å². The van der Waals surface area contributed by atoms with E-state index < -0.39 is 4.92 Å². The molecular formula is C15H12NO3+. The molecule has 2 rings (SSSR count). The van der Waals surface area contributed by atoms with Crippen molar-refractivity contribution in [1.82, 2.24) is 0 Å². The van der Waals surface area contributed by atoms with Crippen LogP contribution in [-0.4, -0.2) is 15.5 Å². The zero-order valence-electron chi connectivity index (χ0n) is 10.1. The van der Waals surface area contributed by atoms with Gasteiger partial charge in [-0.25, -0.2) is 0 Å². The fourth-order valence-corrected chi connectivity index (χ4v) is 1.59. The lowest BCUT2D eigenvalue weighted by Crippen LogP contribution is -1.94. The first-order chi connectivity index (χ1) is 9.16. The second-order valence-electron chi connectivity index (χ2n) is 3.93. The van der Waals surface area contributed by atoms with Crippen LogP contribution in [0.3, 0.4) is 0 Å². The van der Waals surface area contributed by atoms with E-state index >= 15 is 0 Å². The van der Waals surface area contributed by atoms with Gasteiger partial charge in [0.05, 0.1) is 10.5 Å². The Bertz CT molecular complexity index is 616. The lowest BCUT2D eigenvalue weighted by Gasteiger charge is -1.93. The number of carbonyl (C=O) groups excluding carboxylic acids is 1. The predicted octanol–water partition coefficient (Wildman–Crippen LogP) is 3.20. The Balaban J connectivity index is 2.10. The molecule has 2 aromatic rings.